The van der Waals surface area contributed by atoms with Gasteiger partial charge in [-0.15, -0.1) is 0 Å². The van der Waals surface area contributed by atoms with Crippen molar-refractivity contribution in [3.63, 3.8) is 0 Å². The molecule has 0 saturated carbocycles. The van der Waals surface area contributed by atoms with Gasteiger partial charge < -0.3 is 5.32 Å². The highest BCUT2D eigenvalue weighted by molar-refractivity contribution is 4.95. The molecule has 1 rings (SSSR count). The molecule has 0 aromatic carbocycles. The Kier molecular flexibility index (Phi) is 3.51. The van der Waals surface area contributed by atoms with Crippen LogP contribution in [0.5, 0.6) is 0 Å². The average molecular weight is 167 g/mol. The van der Waals surface area contributed by atoms with Gasteiger partial charge in [0.05, 0.1) is 12.1 Å². The van der Waals surface area contributed by atoms with Crippen LogP contribution in [0.25, 0.3) is 0 Å². The SMILES string of the molecule is CCCN(C(C)C#N)C1CNC1. The summed E-state index contributed by atoms with van der Waals surface area (Å²) in [5.74, 6) is 0. The maximum atomic E-state index is 8.79. The third kappa shape index (κ3) is 1.96. The molecule has 1 N–H and O–H groups in total. The fraction of sp³-hybridized carbons (Fsp3) is 0.889. The van der Waals surface area contributed by atoms with Crippen LogP contribution < -0.4 is 5.32 Å². The van der Waals surface area contributed by atoms with Gasteiger partial charge in [-0.05, 0) is 19.9 Å². The Morgan fingerprint density at radius 2 is 2.33 bits per heavy atom. The summed E-state index contributed by atoms with van der Waals surface area (Å²) < 4.78 is 0. The van der Waals surface area contributed by atoms with Gasteiger partial charge in [-0.25, -0.2) is 0 Å². The molecule has 1 heterocycles. The minimum atomic E-state index is 0.0667. The fourth-order valence-electron chi connectivity index (χ4n) is 1.53. The van der Waals surface area contributed by atoms with Gasteiger partial charge in [-0.1, -0.05) is 6.92 Å². The average Bonchev–Trinajstić information content (AvgIpc) is 1.99. The van der Waals surface area contributed by atoms with Crippen molar-refractivity contribution in [3.8, 4) is 6.07 Å². The zero-order valence-electron chi connectivity index (χ0n) is 7.88. The molecule has 1 aliphatic heterocycles. The quantitative estimate of drug-likeness (QED) is 0.666. The monoisotopic (exact) mass is 167 g/mol. The highest BCUT2D eigenvalue weighted by atomic mass is 15.2. The summed E-state index contributed by atoms with van der Waals surface area (Å²) in [5.41, 5.74) is 0. The van der Waals surface area contributed by atoms with E-state index in [0.717, 1.165) is 26.1 Å². The van der Waals surface area contributed by atoms with Crippen LogP contribution in [0.3, 0.4) is 0 Å². The van der Waals surface area contributed by atoms with E-state index in [9.17, 15) is 0 Å². The summed E-state index contributed by atoms with van der Waals surface area (Å²) in [7, 11) is 0. The van der Waals surface area contributed by atoms with E-state index in [2.05, 4.69) is 23.2 Å². The van der Waals surface area contributed by atoms with E-state index >= 15 is 0 Å². The molecule has 1 saturated heterocycles. The van der Waals surface area contributed by atoms with Crippen molar-refractivity contribution in [1.29, 1.82) is 5.26 Å². The Bertz CT molecular complexity index is 169. The number of hydrogen-bond acceptors (Lipinski definition) is 3. The first-order valence-corrected chi connectivity index (χ1v) is 4.65. The third-order valence-electron chi connectivity index (χ3n) is 2.40. The maximum Gasteiger partial charge on any atom is 0.0952 e. The van der Waals surface area contributed by atoms with Gasteiger partial charge >= 0.3 is 0 Å². The summed E-state index contributed by atoms with van der Waals surface area (Å²) >= 11 is 0. The van der Waals surface area contributed by atoms with Crippen molar-refractivity contribution in [2.75, 3.05) is 19.6 Å². The summed E-state index contributed by atoms with van der Waals surface area (Å²) in [6.45, 7) is 7.27. The highest BCUT2D eigenvalue weighted by Crippen LogP contribution is 2.09. The Hall–Kier alpha value is -0.590. The van der Waals surface area contributed by atoms with E-state index in [1.165, 1.54) is 0 Å². The van der Waals surface area contributed by atoms with E-state index in [4.69, 9.17) is 5.26 Å². The lowest BCUT2D eigenvalue weighted by Gasteiger charge is -2.39. The zero-order chi connectivity index (χ0) is 8.97. The van der Waals surface area contributed by atoms with E-state index < -0.39 is 0 Å². The number of hydrogen-bond donors (Lipinski definition) is 1. The molecule has 1 aliphatic rings. The largest absolute Gasteiger partial charge is 0.314 e. The second-order valence-electron chi connectivity index (χ2n) is 3.35. The van der Waals surface area contributed by atoms with Gasteiger partial charge in [-0.3, -0.25) is 4.90 Å². The van der Waals surface area contributed by atoms with Crippen molar-refractivity contribution in [2.45, 2.75) is 32.4 Å². The first-order valence-electron chi connectivity index (χ1n) is 4.65. The highest BCUT2D eigenvalue weighted by Gasteiger charge is 2.27. The van der Waals surface area contributed by atoms with Crippen molar-refractivity contribution in [1.82, 2.24) is 10.2 Å². The molecule has 0 aliphatic carbocycles. The van der Waals surface area contributed by atoms with E-state index in [1.807, 2.05) is 6.92 Å². The molecule has 0 aromatic rings. The Morgan fingerprint density at radius 3 is 2.67 bits per heavy atom. The Balaban J connectivity index is 2.42. The van der Waals surface area contributed by atoms with Crippen LogP contribution in [0.15, 0.2) is 0 Å². The molecule has 0 bridgehead atoms. The lowest BCUT2D eigenvalue weighted by Crippen LogP contribution is -2.59. The number of nitriles is 1. The summed E-state index contributed by atoms with van der Waals surface area (Å²) in [4.78, 5) is 2.29. The lowest BCUT2D eigenvalue weighted by molar-refractivity contribution is 0.126. The molecule has 0 aromatic heterocycles. The van der Waals surface area contributed by atoms with Gasteiger partial charge in [0.15, 0.2) is 0 Å². The fourth-order valence-corrected chi connectivity index (χ4v) is 1.53. The van der Waals surface area contributed by atoms with Crippen LogP contribution in [-0.4, -0.2) is 36.6 Å². The van der Waals surface area contributed by atoms with Crippen LogP contribution >= 0.6 is 0 Å². The molecule has 0 radical (unpaired) electrons. The Labute approximate surface area is 74.4 Å². The minimum absolute atomic E-state index is 0.0667. The summed E-state index contributed by atoms with van der Waals surface area (Å²) in [6.07, 6.45) is 1.13. The lowest BCUT2D eigenvalue weighted by atomic mass is 10.1. The number of rotatable bonds is 4. The van der Waals surface area contributed by atoms with Gasteiger partial charge in [0.2, 0.25) is 0 Å². The van der Waals surface area contributed by atoms with Crippen LogP contribution in [0.1, 0.15) is 20.3 Å². The zero-order valence-corrected chi connectivity index (χ0v) is 7.88. The van der Waals surface area contributed by atoms with Gasteiger partial charge in [0.25, 0.3) is 0 Å². The smallest absolute Gasteiger partial charge is 0.0952 e. The third-order valence-corrected chi connectivity index (χ3v) is 2.40. The Morgan fingerprint density at radius 1 is 1.67 bits per heavy atom. The number of nitrogens with zero attached hydrogens (tertiary/aromatic N) is 2. The molecule has 12 heavy (non-hydrogen) atoms. The van der Waals surface area contributed by atoms with Gasteiger partial charge in [-0.2, -0.15) is 5.26 Å². The van der Waals surface area contributed by atoms with E-state index in [-0.39, 0.29) is 6.04 Å². The first-order chi connectivity index (χ1) is 5.79. The molecule has 3 heteroatoms. The molecule has 3 nitrogen and oxygen atoms in total. The summed E-state index contributed by atoms with van der Waals surface area (Å²) in [5, 5.41) is 12.0. The molecule has 0 spiro atoms. The molecule has 1 atom stereocenters. The second-order valence-corrected chi connectivity index (χ2v) is 3.35. The second kappa shape index (κ2) is 4.44. The molecule has 1 unspecified atom stereocenters. The number of nitrogens with one attached hydrogen (secondary N) is 1. The van der Waals surface area contributed by atoms with E-state index in [0.29, 0.717) is 6.04 Å². The maximum absolute atomic E-state index is 8.79. The van der Waals surface area contributed by atoms with Crippen LogP contribution in [0.4, 0.5) is 0 Å². The van der Waals surface area contributed by atoms with Crippen molar-refractivity contribution in [3.05, 3.63) is 0 Å². The summed E-state index contributed by atoms with van der Waals surface area (Å²) in [6, 6.07) is 2.96. The minimum Gasteiger partial charge on any atom is -0.314 e. The van der Waals surface area contributed by atoms with Gasteiger partial charge in [0.1, 0.15) is 0 Å². The molecule has 68 valence electrons. The predicted octanol–water partition coefficient (Wildman–Crippen LogP) is 0.582. The normalized spacial score (nSPS) is 20.2. The van der Waals surface area contributed by atoms with Crippen molar-refractivity contribution >= 4 is 0 Å². The van der Waals surface area contributed by atoms with Crippen LogP contribution in [0.2, 0.25) is 0 Å². The topological polar surface area (TPSA) is 39.1 Å². The predicted molar refractivity (Wildman–Crippen MR) is 48.7 cm³/mol. The van der Waals surface area contributed by atoms with Crippen molar-refractivity contribution in [2.24, 2.45) is 0 Å². The van der Waals surface area contributed by atoms with Crippen molar-refractivity contribution < 1.29 is 0 Å². The van der Waals surface area contributed by atoms with Gasteiger partial charge in [0, 0.05) is 19.1 Å². The molecule has 0 amide bonds. The van der Waals surface area contributed by atoms with E-state index in [1.54, 1.807) is 0 Å². The van der Waals surface area contributed by atoms with Crippen LogP contribution in [-0.2, 0) is 0 Å². The van der Waals surface area contributed by atoms with Crippen LogP contribution in [0, 0.1) is 11.3 Å². The molecule has 1 fully saturated rings. The standard InChI is InChI=1S/C9H17N3/c1-3-4-12(8(2)5-10)9-6-11-7-9/h8-9,11H,3-4,6-7H2,1-2H3. The first kappa shape index (κ1) is 9.50. The molecular weight excluding hydrogens is 150 g/mol. The molecular formula is C9H17N3.